The Kier molecular flexibility index (Phi) is 5.84. The maximum Gasteiger partial charge on any atom is 0.574 e. The number of methoxy groups -OCH3 is 1. The van der Waals surface area contributed by atoms with Crippen LogP contribution in [-0.4, -0.2) is 31.0 Å². The highest BCUT2D eigenvalue weighted by molar-refractivity contribution is 14.1. The van der Waals surface area contributed by atoms with Crippen LogP contribution in [0.1, 0.15) is 12.6 Å². The van der Waals surface area contributed by atoms with E-state index in [9.17, 15) is 18.0 Å². The molecule has 5 nitrogen and oxygen atoms in total. The zero-order valence-electron chi connectivity index (χ0n) is 10.6. The highest BCUT2D eigenvalue weighted by Gasteiger charge is 2.34. The van der Waals surface area contributed by atoms with Crippen molar-refractivity contribution in [2.45, 2.75) is 19.7 Å². The van der Waals surface area contributed by atoms with E-state index < -0.39 is 18.2 Å². The van der Waals surface area contributed by atoms with E-state index in [1.807, 2.05) is 22.6 Å². The van der Waals surface area contributed by atoms with Crippen LogP contribution in [0, 0.1) is 3.57 Å². The molecule has 1 rings (SSSR count). The molecule has 0 bridgehead atoms. The zero-order chi connectivity index (χ0) is 15.3. The van der Waals surface area contributed by atoms with Crippen molar-refractivity contribution < 1.29 is 32.2 Å². The topological polar surface area (TPSA) is 57.7 Å². The van der Waals surface area contributed by atoms with Crippen molar-refractivity contribution in [3.05, 3.63) is 15.3 Å². The molecule has 0 amide bonds. The number of hydrogen-bond donors (Lipinski definition) is 0. The summed E-state index contributed by atoms with van der Waals surface area (Å²) >= 11 is 1.84. The lowest BCUT2D eigenvalue weighted by Crippen LogP contribution is -2.19. The van der Waals surface area contributed by atoms with Crippen LogP contribution in [0.5, 0.6) is 11.6 Å². The van der Waals surface area contributed by atoms with E-state index >= 15 is 0 Å². The summed E-state index contributed by atoms with van der Waals surface area (Å²) < 4.78 is 50.5. The molecule has 0 aromatic carbocycles. The van der Waals surface area contributed by atoms with E-state index in [-0.39, 0.29) is 24.5 Å². The van der Waals surface area contributed by atoms with Gasteiger partial charge in [0, 0.05) is 9.64 Å². The van der Waals surface area contributed by atoms with E-state index in [0.717, 1.165) is 0 Å². The number of alkyl halides is 3. The molecule has 0 aliphatic carbocycles. The third-order valence-corrected chi connectivity index (χ3v) is 2.96. The minimum atomic E-state index is -4.89. The number of esters is 1. The van der Waals surface area contributed by atoms with Crippen molar-refractivity contribution in [2.75, 3.05) is 13.7 Å². The van der Waals surface area contributed by atoms with Gasteiger partial charge >= 0.3 is 12.3 Å². The summed E-state index contributed by atoms with van der Waals surface area (Å²) in [6, 6.07) is 1.31. The van der Waals surface area contributed by atoms with Gasteiger partial charge in [-0.25, -0.2) is 4.98 Å². The molecule has 0 radical (unpaired) electrons. The molecule has 0 spiro atoms. The van der Waals surface area contributed by atoms with E-state index in [1.54, 1.807) is 6.92 Å². The molecule has 0 fully saturated rings. The third kappa shape index (κ3) is 5.02. The Labute approximate surface area is 126 Å². The lowest BCUT2D eigenvalue weighted by Gasteiger charge is -2.13. The average Bonchev–Trinajstić information content (AvgIpc) is 2.31. The second-order valence-corrected chi connectivity index (χ2v) is 4.62. The van der Waals surface area contributed by atoms with Gasteiger partial charge in [0.1, 0.15) is 0 Å². The summed E-state index contributed by atoms with van der Waals surface area (Å²) in [7, 11) is 1.20. The van der Waals surface area contributed by atoms with Crippen molar-refractivity contribution in [1.82, 2.24) is 4.98 Å². The number of pyridine rings is 1. The van der Waals surface area contributed by atoms with Crippen LogP contribution in [0.25, 0.3) is 0 Å². The number of nitrogens with zero attached hydrogens (tertiary/aromatic N) is 1. The first-order chi connectivity index (χ1) is 9.26. The molecule has 112 valence electrons. The van der Waals surface area contributed by atoms with Crippen molar-refractivity contribution in [1.29, 1.82) is 0 Å². The smallest absolute Gasteiger partial charge is 0.491 e. The minimum absolute atomic E-state index is 0.129. The van der Waals surface area contributed by atoms with Crippen molar-refractivity contribution in [2.24, 2.45) is 0 Å². The Morgan fingerprint density at radius 1 is 1.45 bits per heavy atom. The summed E-state index contributed by atoms with van der Waals surface area (Å²) in [4.78, 5) is 15.0. The van der Waals surface area contributed by atoms with Gasteiger partial charge in [-0.3, -0.25) is 4.79 Å². The number of hydrogen-bond acceptors (Lipinski definition) is 5. The second-order valence-electron chi connectivity index (χ2n) is 3.45. The quantitative estimate of drug-likeness (QED) is 0.557. The van der Waals surface area contributed by atoms with Crippen LogP contribution in [0.2, 0.25) is 0 Å². The van der Waals surface area contributed by atoms with Gasteiger partial charge in [-0.1, -0.05) is 0 Å². The van der Waals surface area contributed by atoms with Crippen molar-refractivity contribution >= 4 is 28.6 Å². The van der Waals surface area contributed by atoms with Crippen LogP contribution in [-0.2, 0) is 16.0 Å². The van der Waals surface area contributed by atoms with E-state index in [4.69, 9.17) is 9.47 Å². The van der Waals surface area contributed by atoms with Gasteiger partial charge in [0.25, 0.3) is 5.88 Å². The van der Waals surface area contributed by atoms with Crippen LogP contribution in [0.15, 0.2) is 6.07 Å². The van der Waals surface area contributed by atoms with Crippen LogP contribution >= 0.6 is 22.6 Å². The lowest BCUT2D eigenvalue weighted by molar-refractivity contribution is -0.276. The van der Waals surface area contributed by atoms with Crippen LogP contribution in [0.4, 0.5) is 13.2 Å². The summed E-state index contributed by atoms with van der Waals surface area (Å²) in [6.07, 6.45) is -5.14. The number of carbonyl (C=O) groups is 1. The highest BCUT2D eigenvalue weighted by Crippen LogP contribution is 2.32. The van der Waals surface area contributed by atoms with Gasteiger partial charge in [0.15, 0.2) is 5.75 Å². The van der Waals surface area contributed by atoms with Gasteiger partial charge in [-0.15, -0.1) is 13.2 Å². The molecule has 0 saturated carbocycles. The maximum absolute atomic E-state index is 12.3. The Balaban J connectivity index is 3.07. The third-order valence-electron chi connectivity index (χ3n) is 2.03. The SMILES string of the molecule is CCOC(=O)Cc1nc(OC(F)(F)F)c(OC)cc1I. The first-order valence-electron chi connectivity index (χ1n) is 5.41. The Morgan fingerprint density at radius 3 is 2.60 bits per heavy atom. The summed E-state index contributed by atoms with van der Waals surface area (Å²) in [5, 5.41) is 0. The van der Waals surface area contributed by atoms with E-state index in [2.05, 4.69) is 9.72 Å². The van der Waals surface area contributed by atoms with E-state index in [1.165, 1.54) is 13.2 Å². The van der Waals surface area contributed by atoms with Crippen molar-refractivity contribution in [3.8, 4) is 11.6 Å². The number of aromatic nitrogens is 1. The normalized spacial score (nSPS) is 11.1. The van der Waals surface area contributed by atoms with Crippen molar-refractivity contribution in [3.63, 3.8) is 0 Å². The van der Waals surface area contributed by atoms with Crippen LogP contribution in [0.3, 0.4) is 0 Å². The molecule has 0 unspecified atom stereocenters. The minimum Gasteiger partial charge on any atom is -0.491 e. The highest BCUT2D eigenvalue weighted by atomic mass is 127. The molecule has 0 aliphatic rings. The van der Waals surface area contributed by atoms with Gasteiger partial charge in [-0.2, -0.15) is 0 Å². The first-order valence-corrected chi connectivity index (χ1v) is 6.49. The molecule has 0 saturated heterocycles. The number of ether oxygens (including phenoxy) is 3. The molecular weight excluding hydrogens is 394 g/mol. The largest absolute Gasteiger partial charge is 0.574 e. The molecule has 1 aromatic heterocycles. The Bertz CT molecular complexity index is 493. The number of carbonyl (C=O) groups excluding carboxylic acids is 1. The fourth-order valence-electron chi connectivity index (χ4n) is 1.29. The Hall–Kier alpha value is -1.26. The molecule has 0 atom stereocenters. The number of rotatable bonds is 5. The molecule has 0 N–H and O–H groups in total. The fraction of sp³-hybridized carbons (Fsp3) is 0.455. The molecule has 1 heterocycles. The molecular formula is C11H11F3INO4. The zero-order valence-corrected chi connectivity index (χ0v) is 12.7. The number of halogens is 4. The van der Waals surface area contributed by atoms with Crippen LogP contribution < -0.4 is 9.47 Å². The predicted molar refractivity (Wildman–Crippen MR) is 70.5 cm³/mol. The maximum atomic E-state index is 12.3. The van der Waals surface area contributed by atoms with E-state index in [0.29, 0.717) is 3.57 Å². The average molecular weight is 405 g/mol. The fourth-order valence-corrected chi connectivity index (χ4v) is 1.89. The lowest BCUT2D eigenvalue weighted by atomic mass is 10.2. The second kappa shape index (κ2) is 6.95. The standard InChI is InChI=1S/C11H11F3INO4/c1-3-19-9(17)5-7-6(15)4-8(18-2)10(16-7)20-11(12,13)14/h4H,3,5H2,1-2H3. The van der Waals surface area contributed by atoms with Gasteiger partial charge in [0.05, 0.1) is 25.8 Å². The van der Waals surface area contributed by atoms with Gasteiger partial charge < -0.3 is 14.2 Å². The molecule has 20 heavy (non-hydrogen) atoms. The summed E-state index contributed by atoms with van der Waals surface area (Å²) in [5.41, 5.74) is 0.129. The first kappa shape index (κ1) is 16.8. The summed E-state index contributed by atoms with van der Waals surface area (Å²) in [5.74, 6) is -1.49. The molecule has 1 aromatic rings. The monoisotopic (exact) mass is 405 g/mol. The van der Waals surface area contributed by atoms with Gasteiger partial charge in [-0.05, 0) is 29.5 Å². The molecule has 9 heteroatoms. The molecule has 0 aliphatic heterocycles. The predicted octanol–water partition coefficient (Wildman–Crippen LogP) is 2.70. The Morgan fingerprint density at radius 2 is 2.10 bits per heavy atom. The van der Waals surface area contributed by atoms with Gasteiger partial charge in [0.2, 0.25) is 0 Å². The summed E-state index contributed by atoms with van der Waals surface area (Å²) in [6.45, 7) is 1.81.